The predicted octanol–water partition coefficient (Wildman–Crippen LogP) is 0.974. The highest BCUT2D eigenvalue weighted by molar-refractivity contribution is 5.87. The minimum absolute atomic E-state index is 0.292. The molecule has 1 aliphatic carbocycles. The molecule has 17 heavy (non-hydrogen) atoms. The Morgan fingerprint density at radius 1 is 1.41 bits per heavy atom. The fourth-order valence-electron chi connectivity index (χ4n) is 0.911. The van der Waals surface area contributed by atoms with Crippen molar-refractivity contribution in [2.75, 3.05) is 7.11 Å². The lowest BCUT2D eigenvalue weighted by Gasteiger charge is -2.31. The first-order valence-electron chi connectivity index (χ1n) is 5.17. The van der Waals surface area contributed by atoms with Gasteiger partial charge in [0.15, 0.2) is 0 Å². The van der Waals surface area contributed by atoms with Crippen LogP contribution in [0.25, 0.3) is 0 Å². The molecule has 0 aromatic rings. The fourth-order valence-corrected chi connectivity index (χ4v) is 0.911. The smallest absolute Gasteiger partial charge is 0.333 e. The van der Waals surface area contributed by atoms with E-state index in [2.05, 4.69) is 17.9 Å². The van der Waals surface area contributed by atoms with E-state index in [1.54, 1.807) is 6.92 Å². The molecule has 0 spiro atoms. The van der Waals surface area contributed by atoms with Gasteiger partial charge in [0.2, 0.25) is 0 Å². The van der Waals surface area contributed by atoms with Crippen LogP contribution in [-0.2, 0) is 19.1 Å². The Balaban J connectivity index is 0.000000366. The summed E-state index contributed by atoms with van der Waals surface area (Å²) in [6.45, 7) is 8.18. The van der Waals surface area contributed by atoms with E-state index in [-0.39, 0.29) is 6.10 Å². The average Bonchev–Trinajstić information content (AvgIpc) is 2.33. The van der Waals surface area contributed by atoms with Gasteiger partial charge in [-0.05, 0) is 19.8 Å². The van der Waals surface area contributed by atoms with Gasteiger partial charge in [-0.3, -0.25) is 0 Å². The van der Waals surface area contributed by atoms with Crippen molar-refractivity contribution in [3.05, 3.63) is 24.8 Å². The molecule has 0 heterocycles. The minimum atomic E-state index is -0.460. The van der Waals surface area contributed by atoms with Crippen LogP contribution in [0.2, 0.25) is 0 Å². The highest BCUT2D eigenvalue weighted by Crippen LogP contribution is 2.23. The van der Waals surface area contributed by atoms with Crippen LogP contribution < -0.4 is 0 Å². The zero-order chi connectivity index (χ0) is 13.4. The number of carbonyl (C=O) groups excluding carboxylic acids is 2. The molecule has 5 nitrogen and oxygen atoms in total. The first kappa shape index (κ1) is 15.4. The lowest BCUT2D eigenvalue weighted by Crippen LogP contribution is -2.40. The zero-order valence-electron chi connectivity index (χ0n) is 10.1. The van der Waals surface area contributed by atoms with Crippen LogP contribution in [0.15, 0.2) is 24.8 Å². The second kappa shape index (κ2) is 7.62. The molecule has 1 rings (SSSR count). The van der Waals surface area contributed by atoms with Crippen LogP contribution in [0.3, 0.4) is 0 Å². The second-order valence-corrected chi connectivity index (χ2v) is 3.60. The molecule has 1 N–H and O–H groups in total. The second-order valence-electron chi connectivity index (χ2n) is 3.60. The maximum atomic E-state index is 10.9. The molecular formula is C12H18O5. The third kappa shape index (κ3) is 5.87. The van der Waals surface area contributed by atoms with Crippen LogP contribution in [0.4, 0.5) is 0 Å². The lowest BCUT2D eigenvalue weighted by molar-refractivity contribution is -0.159. The van der Waals surface area contributed by atoms with Gasteiger partial charge < -0.3 is 14.6 Å². The molecular weight excluding hydrogens is 224 g/mol. The molecule has 0 amide bonds. The summed E-state index contributed by atoms with van der Waals surface area (Å²) in [5.74, 6) is -0.802. The monoisotopic (exact) mass is 242 g/mol. The highest BCUT2D eigenvalue weighted by atomic mass is 16.6. The Hall–Kier alpha value is -1.62. The van der Waals surface area contributed by atoms with E-state index < -0.39 is 18.0 Å². The van der Waals surface area contributed by atoms with E-state index in [0.29, 0.717) is 5.57 Å². The third-order valence-corrected chi connectivity index (χ3v) is 2.15. The number of esters is 2. The summed E-state index contributed by atoms with van der Waals surface area (Å²) in [7, 11) is 1.31. The van der Waals surface area contributed by atoms with E-state index >= 15 is 0 Å². The molecule has 0 bridgehead atoms. The van der Waals surface area contributed by atoms with Crippen LogP contribution >= 0.6 is 0 Å². The molecule has 0 saturated heterocycles. The van der Waals surface area contributed by atoms with Crippen molar-refractivity contribution < 1.29 is 24.2 Å². The van der Waals surface area contributed by atoms with Crippen molar-refractivity contribution in [1.82, 2.24) is 0 Å². The molecule has 1 fully saturated rings. The Morgan fingerprint density at radius 3 is 2.18 bits per heavy atom. The number of rotatable bonds is 3. The summed E-state index contributed by atoms with van der Waals surface area (Å²) in [4.78, 5) is 20.7. The minimum Gasteiger partial charge on any atom is -0.466 e. The lowest BCUT2D eigenvalue weighted by atomic mass is 9.92. The van der Waals surface area contributed by atoms with Crippen molar-refractivity contribution in [3.8, 4) is 0 Å². The zero-order valence-corrected chi connectivity index (χ0v) is 10.1. The summed E-state index contributed by atoms with van der Waals surface area (Å²) in [5.41, 5.74) is 0.379. The van der Waals surface area contributed by atoms with Gasteiger partial charge >= 0.3 is 11.9 Å². The molecule has 0 aromatic heterocycles. The number of aliphatic hydroxyl groups is 1. The summed E-state index contributed by atoms with van der Waals surface area (Å²) < 4.78 is 9.01. The number of ether oxygens (including phenoxy) is 2. The molecule has 1 aliphatic rings. The van der Waals surface area contributed by atoms with E-state index in [1.807, 2.05) is 0 Å². The summed E-state index contributed by atoms with van der Waals surface area (Å²) in [5, 5.41) is 9.03. The SMILES string of the molecule is C=C(C)C(=O)OC1CCC1O.C=CC(=O)OC. The maximum Gasteiger partial charge on any atom is 0.333 e. The predicted molar refractivity (Wildman–Crippen MR) is 62.1 cm³/mol. The van der Waals surface area contributed by atoms with Gasteiger partial charge in [-0.2, -0.15) is 0 Å². The number of hydrogen-bond donors (Lipinski definition) is 1. The quantitative estimate of drug-likeness (QED) is 0.590. The maximum absolute atomic E-state index is 10.9. The number of carbonyl (C=O) groups is 2. The summed E-state index contributed by atoms with van der Waals surface area (Å²) in [6, 6.07) is 0. The number of methoxy groups -OCH3 is 1. The number of aliphatic hydroxyl groups excluding tert-OH is 1. The van der Waals surface area contributed by atoms with Gasteiger partial charge in [-0.25, -0.2) is 9.59 Å². The summed E-state index contributed by atoms with van der Waals surface area (Å²) in [6.07, 6.45) is 1.85. The van der Waals surface area contributed by atoms with Gasteiger partial charge in [0.05, 0.1) is 13.2 Å². The number of hydrogen-bond acceptors (Lipinski definition) is 5. The Morgan fingerprint density at radius 2 is 2.00 bits per heavy atom. The Labute approximate surface area is 101 Å². The Bertz CT molecular complexity index is 308. The standard InChI is InChI=1S/C8H12O3.C4H6O2/c1-5(2)8(10)11-7-4-3-6(7)9;1-3-4(5)6-2/h6-7,9H,1,3-4H2,2H3;3H,1H2,2H3. The van der Waals surface area contributed by atoms with Gasteiger partial charge in [0, 0.05) is 11.6 Å². The molecule has 0 radical (unpaired) electrons. The van der Waals surface area contributed by atoms with E-state index in [1.165, 1.54) is 7.11 Å². The first-order valence-corrected chi connectivity index (χ1v) is 5.17. The van der Waals surface area contributed by atoms with Crippen LogP contribution in [0.1, 0.15) is 19.8 Å². The highest BCUT2D eigenvalue weighted by Gasteiger charge is 2.32. The van der Waals surface area contributed by atoms with Crippen molar-refractivity contribution in [3.63, 3.8) is 0 Å². The van der Waals surface area contributed by atoms with Gasteiger partial charge in [0.1, 0.15) is 6.10 Å². The van der Waals surface area contributed by atoms with Crippen molar-refractivity contribution >= 4 is 11.9 Å². The van der Waals surface area contributed by atoms with E-state index in [0.717, 1.165) is 18.9 Å². The van der Waals surface area contributed by atoms with Crippen LogP contribution in [0, 0.1) is 0 Å². The van der Waals surface area contributed by atoms with Crippen molar-refractivity contribution in [2.24, 2.45) is 0 Å². The van der Waals surface area contributed by atoms with E-state index in [4.69, 9.17) is 9.84 Å². The largest absolute Gasteiger partial charge is 0.466 e. The molecule has 5 heteroatoms. The molecule has 2 unspecified atom stereocenters. The van der Waals surface area contributed by atoms with Crippen LogP contribution in [0.5, 0.6) is 0 Å². The van der Waals surface area contributed by atoms with E-state index in [9.17, 15) is 9.59 Å². The van der Waals surface area contributed by atoms with Gasteiger partial charge in [0.25, 0.3) is 0 Å². The van der Waals surface area contributed by atoms with Gasteiger partial charge in [-0.1, -0.05) is 13.2 Å². The molecule has 1 saturated carbocycles. The van der Waals surface area contributed by atoms with Crippen molar-refractivity contribution in [1.29, 1.82) is 0 Å². The molecule has 96 valence electrons. The third-order valence-electron chi connectivity index (χ3n) is 2.15. The van der Waals surface area contributed by atoms with Crippen LogP contribution in [-0.4, -0.2) is 36.4 Å². The normalized spacial score (nSPS) is 21.1. The molecule has 0 aromatic carbocycles. The summed E-state index contributed by atoms with van der Waals surface area (Å²) >= 11 is 0. The fraction of sp³-hybridized carbons (Fsp3) is 0.500. The van der Waals surface area contributed by atoms with Gasteiger partial charge in [-0.15, -0.1) is 0 Å². The molecule has 0 aliphatic heterocycles. The topological polar surface area (TPSA) is 72.8 Å². The average molecular weight is 242 g/mol. The first-order chi connectivity index (χ1) is 7.92. The Kier molecular flexibility index (Phi) is 6.89. The molecule has 2 atom stereocenters. The van der Waals surface area contributed by atoms with Crippen molar-refractivity contribution in [2.45, 2.75) is 32.0 Å².